The fourth-order valence-electron chi connectivity index (χ4n) is 0.720. The first-order chi connectivity index (χ1) is 5.22. The molecule has 1 rings (SSSR count). The van der Waals surface area contributed by atoms with Crippen LogP contribution < -0.4 is 5.32 Å². The topological polar surface area (TPSA) is 52.6 Å². The van der Waals surface area contributed by atoms with Crippen LogP contribution in [0.25, 0.3) is 0 Å². The molecular formula is C5H8N2O2S2. The maximum absolute atomic E-state index is 10.4. The Bertz CT molecular complexity index is 179. The summed E-state index contributed by atoms with van der Waals surface area (Å²) in [6.07, 6.45) is 0. The second-order valence-electron chi connectivity index (χ2n) is 2.04. The van der Waals surface area contributed by atoms with Crippen molar-refractivity contribution < 1.29 is 9.90 Å². The first-order valence-electron chi connectivity index (χ1n) is 3.02. The molecule has 0 radical (unpaired) electrons. The Morgan fingerprint density at radius 2 is 2.45 bits per heavy atom. The smallest absolute Gasteiger partial charge is 0.363 e. The molecule has 6 heteroatoms. The molecule has 0 unspecified atom stereocenters. The predicted octanol–water partition coefficient (Wildman–Crippen LogP) is -0.0907. The Morgan fingerprint density at radius 1 is 1.73 bits per heavy atom. The van der Waals surface area contributed by atoms with E-state index in [1.54, 1.807) is 16.7 Å². The summed E-state index contributed by atoms with van der Waals surface area (Å²) in [6, 6.07) is 0. The summed E-state index contributed by atoms with van der Waals surface area (Å²) in [4.78, 5) is 12.0. The molecule has 1 saturated heterocycles. The molecule has 0 spiro atoms. The van der Waals surface area contributed by atoms with Crippen LogP contribution >= 0.6 is 24.0 Å². The van der Waals surface area contributed by atoms with Gasteiger partial charge in [0.05, 0.1) is 12.5 Å². The molecule has 11 heavy (non-hydrogen) atoms. The minimum absolute atomic E-state index is 0.00954. The number of carbonyl (C=O) groups is 1. The van der Waals surface area contributed by atoms with Gasteiger partial charge < -0.3 is 10.0 Å². The number of thioether (sulfide) groups is 1. The molecule has 0 aromatic rings. The highest BCUT2D eigenvalue weighted by Gasteiger charge is 2.17. The number of nitrogens with zero attached hydrogens (tertiary/aromatic N) is 1. The maximum Gasteiger partial charge on any atom is 0.363 e. The number of hydrogen-bond donors (Lipinski definition) is 2. The molecule has 0 amide bonds. The zero-order valence-electron chi connectivity index (χ0n) is 5.74. The van der Waals surface area contributed by atoms with Gasteiger partial charge in [-0.2, -0.15) is 0 Å². The fourth-order valence-corrected chi connectivity index (χ4v) is 1.70. The third-order valence-electron chi connectivity index (χ3n) is 1.22. The van der Waals surface area contributed by atoms with Gasteiger partial charge in [0.15, 0.2) is 4.99 Å². The number of thiocarbonyl (C=S) groups is 1. The Kier molecular flexibility index (Phi) is 3.10. The van der Waals surface area contributed by atoms with Crippen LogP contribution in [0.3, 0.4) is 0 Å². The predicted molar refractivity (Wildman–Crippen MR) is 47.4 cm³/mol. The number of carboxylic acids is 1. The van der Waals surface area contributed by atoms with Gasteiger partial charge in [0.25, 0.3) is 0 Å². The summed E-state index contributed by atoms with van der Waals surface area (Å²) in [7, 11) is 0. The highest BCUT2D eigenvalue weighted by Crippen LogP contribution is 2.07. The lowest BCUT2D eigenvalue weighted by Gasteiger charge is -2.27. The van der Waals surface area contributed by atoms with Gasteiger partial charge >= 0.3 is 5.97 Å². The summed E-state index contributed by atoms with van der Waals surface area (Å²) in [5.41, 5.74) is 0. The molecule has 0 aliphatic carbocycles. The zero-order valence-corrected chi connectivity index (χ0v) is 7.37. The summed E-state index contributed by atoms with van der Waals surface area (Å²) in [5.74, 6) is 0.501. The van der Waals surface area contributed by atoms with Gasteiger partial charge in [0.1, 0.15) is 0 Å². The summed E-state index contributed by atoms with van der Waals surface area (Å²) < 4.78 is 0. The fraction of sp³-hybridized carbons (Fsp3) is 0.600. The average molecular weight is 192 g/mol. The minimum atomic E-state index is -1.02. The van der Waals surface area contributed by atoms with Crippen molar-refractivity contribution in [2.45, 2.75) is 0 Å². The van der Waals surface area contributed by atoms with Crippen LogP contribution in [0.4, 0.5) is 0 Å². The van der Waals surface area contributed by atoms with Gasteiger partial charge in [-0.15, -0.1) is 11.8 Å². The van der Waals surface area contributed by atoms with E-state index in [1.165, 1.54) is 0 Å². The lowest BCUT2D eigenvalue weighted by Crippen LogP contribution is -2.44. The van der Waals surface area contributed by atoms with E-state index in [2.05, 4.69) is 17.5 Å². The van der Waals surface area contributed by atoms with Crippen LogP contribution in [0, 0.1) is 0 Å². The minimum Gasteiger partial charge on any atom is -0.476 e. The Morgan fingerprint density at radius 3 is 2.91 bits per heavy atom. The van der Waals surface area contributed by atoms with E-state index < -0.39 is 5.97 Å². The van der Waals surface area contributed by atoms with Crippen molar-refractivity contribution in [2.24, 2.45) is 0 Å². The van der Waals surface area contributed by atoms with Crippen LogP contribution in [-0.4, -0.2) is 39.4 Å². The Labute approximate surface area is 73.9 Å². The lowest BCUT2D eigenvalue weighted by molar-refractivity contribution is -0.129. The number of rotatable bonds is 0. The molecule has 1 heterocycles. The molecular weight excluding hydrogens is 184 g/mol. The van der Waals surface area contributed by atoms with Crippen molar-refractivity contribution >= 4 is 34.9 Å². The molecule has 1 aliphatic heterocycles. The Hall–Kier alpha value is -0.330. The molecule has 0 aromatic heterocycles. The van der Waals surface area contributed by atoms with Gasteiger partial charge in [0.2, 0.25) is 0 Å². The van der Waals surface area contributed by atoms with Crippen molar-refractivity contribution in [2.75, 3.05) is 18.4 Å². The zero-order chi connectivity index (χ0) is 8.27. The second kappa shape index (κ2) is 3.89. The third kappa shape index (κ3) is 2.32. The summed E-state index contributed by atoms with van der Waals surface area (Å²) >= 11 is 6.28. The van der Waals surface area contributed by atoms with Gasteiger partial charge in [-0.05, 0) is 0 Å². The lowest BCUT2D eigenvalue weighted by atomic mass is 10.6. The van der Waals surface area contributed by atoms with Gasteiger partial charge in [-0.1, -0.05) is 12.2 Å². The number of hydrogen-bond acceptors (Lipinski definition) is 4. The highest BCUT2D eigenvalue weighted by atomic mass is 32.2. The van der Waals surface area contributed by atoms with Crippen LogP contribution in [0.2, 0.25) is 0 Å². The van der Waals surface area contributed by atoms with Gasteiger partial charge in [0, 0.05) is 5.88 Å². The van der Waals surface area contributed by atoms with Crippen LogP contribution in [-0.2, 0) is 4.79 Å². The highest BCUT2D eigenvalue weighted by molar-refractivity contribution is 7.99. The van der Waals surface area contributed by atoms with Crippen molar-refractivity contribution in [1.82, 2.24) is 10.2 Å². The first-order valence-corrected chi connectivity index (χ1v) is 4.59. The molecule has 0 aromatic carbocycles. The van der Waals surface area contributed by atoms with Crippen LogP contribution in [0.5, 0.6) is 0 Å². The SMILES string of the molecule is O=C(O)C(=S)N1CNCSC1. The van der Waals surface area contributed by atoms with Crippen molar-refractivity contribution in [3.8, 4) is 0 Å². The van der Waals surface area contributed by atoms with Crippen LogP contribution in [0.15, 0.2) is 0 Å². The third-order valence-corrected chi connectivity index (χ3v) is 2.56. The normalized spacial score (nSPS) is 18.0. The second-order valence-corrected chi connectivity index (χ2v) is 3.38. The van der Waals surface area contributed by atoms with E-state index in [9.17, 15) is 4.79 Å². The molecule has 2 N–H and O–H groups in total. The Balaban J connectivity index is 2.45. The molecule has 0 saturated carbocycles. The van der Waals surface area contributed by atoms with E-state index in [4.69, 9.17) is 5.11 Å². The monoisotopic (exact) mass is 192 g/mol. The molecule has 0 bridgehead atoms. The van der Waals surface area contributed by atoms with E-state index in [-0.39, 0.29) is 4.99 Å². The van der Waals surface area contributed by atoms with Gasteiger partial charge in [-0.3, -0.25) is 5.32 Å². The average Bonchev–Trinajstić information content (AvgIpc) is 2.05. The van der Waals surface area contributed by atoms with Crippen LogP contribution in [0.1, 0.15) is 0 Å². The van der Waals surface area contributed by atoms with Crippen molar-refractivity contribution in [3.63, 3.8) is 0 Å². The van der Waals surface area contributed by atoms with Crippen molar-refractivity contribution in [1.29, 1.82) is 0 Å². The maximum atomic E-state index is 10.4. The number of nitrogens with one attached hydrogen (secondary N) is 1. The van der Waals surface area contributed by atoms with E-state index in [0.29, 0.717) is 12.5 Å². The molecule has 1 aliphatic rings. The van der Waals surface area contributed by atoms with E-state index in [1.807, 2.05) is 0 Å². The van der Waals surface area contributed by atoms with E-state index in [0.717, 1.165) is 5.88 Å². The molecule has 4 nitrogen and oxygen atoms in total. The first kappa shape index (κ1) is 8.76. The van der Waals surface area contributed by atoms with Gasteiger partial charge in [-0.25, -0.2) is 4.79 Å². The summed E-state index contributed by atoms with van der Waals surface area (Å²) in [5, 5.41) is 11.5. The quantitative estimate of drug-likeness (QED) is 0.523. The largest absolute Gasteiger partial charge is 0.476 e. The molecule has 1 fully saturated rings. The molecule has 0 atom stereocenters. The summed E-state index contributed by atoms with van der Waals surface area (Å²) in [6.45, 7) is 0.540. The molecule has 62 valence electrons. The number of aliphatic carboxylic acids is 1. The standard InChI is InChI=1S/C5H8N2O2S2/c8-5(9)4(10)7-1-6-2-11-3-7/h6H,1-3H2,(H,8,9). The van der Waals surface area contributed by atoms with Crippen molar-refractivity contribution in [3.05, 3.63) is 0 Å². The van der Waals surface area contributed by atoms with E-state index >= 15 is 0 Å². The number of carboxylic acid groups (broad SMARTS) is 1.